The lowest BCUT2D eigenvalue weighted by molar-refractivity contribution is 0.0696. The normalized spacial score (nSPS) is 11.0. The summed E-state index contributed by atoms with van der Waals surface area (Å²) in [4.78, 5) is 15.8. The van der Waals surface area contributed by atoms with Crippen LogP contribution in [-0.2, 0) is 13.5 Å². The molecule has 0 fully saturated rings. The molecule has 1 aromatic heterocycles. The number of benzene rings is 2. The summed E-state index contributed by atoms with van der Waals surface area (Å²) >= 11 is 0. The predicted octanol–water partition coefficient (Wildman–Crippen LogP) is 3.17. The van der Waals surface area contributed by atoms with Crippen LogP contribution in [0.25, 0.3) is 11.0 Å². The van der Waals surface area contributed by atoms with Gasteiger partial charge in [0.2, 0.25) is 0 Å². The van der Waals surface area contributed by atoms with Crippen molar-refractivity contribution in [2.24, 2.45) is 7.05 Å². The molecule has 0 atom stereocenters. The number of hydrogen-bond acceptors (Lipinski definition) is 2. The van der Waals surface area contributed by atoms with Crippen molar-refractivity contribution >= 4 is 17.0 Å². The largest absolute Gasteiger partial charge is 0.478 e. The maximum absolute atomic E-state index is 11.2. The third-order valence-corrected chi connectivity index (χ3v) is 3.77. The van der Waals surface area contributed by atoms with E-state index in [1.807, 2.05) is 50.4 Å². The molecule has 1 N–H and O–H groups in total. The molecule has 3 rings (SSSR count). The molecule has 0 radical (unpaired) electrons. The molecular weight excluding hydrogens is 264 g/mol. The Labute approximate surface area is 122 Å². The van der Waals surface area contributed by atoms with Gasteiger partial charge in [-0.1, -0.05) is 24.3 Å². The third-order valence-electron chi connectivity index (χ3n) is 3.77. The Balaban J connectivity index is 2.01. The molecule has 0 bridgehead atoms. The topological polar surface area (TPSA) is 55.1 Å². The molecule has 1 heterocycles. The first-order valence-electron chi connectivity index (χ1n) is 6.79. The van der Waals surface area contributed by atoms with Gasteiger partial charge in [-0.15, -0.1) is 0 Å². The van der Waals surface area contributed by atoms with Crippen molar-refractivity contribution in [1.29, 1.82) is 0 Å². The second kappa shape index (κ2) is 5.05. The minimum absolute atomic E-state index is 0.353. The summed E-state index contributed by atoms with van der Waals surface area (Å²) in [6.07, 6.45) is 0.617. The van der Waals surface area contributed by atoms with Gasteiger partial charge in [0.05, 0.1) is 16.6 Å². The highest BCUT2D eigenvalue weighted by atomic mass is 16.4. The van der Waals surface area contributed by atoms with Gasteiger partial charge in [0, 0.05) is 13.5 Å². The van der Waals surface area contributed by atoms with Crippen LogP contribution in [0.2, 0.25) is 0 Å². The quantitative estimate of drug-likeness (QED) is 0.801. The molecule has 0 aliphatic carbocycles. The van der Waals surface area contributed by atoms with Crippen LogP contribution in [-0.4, -0.2) is 20.6 Å². The molecule has 0 spiro atoms. The Kier molecular flexibility index (Phi) is 3.22. The Morgan fingerprint density at radius 2 is 2.00 bits per heavy atom. The highest BCUT2D eigenvalue weighted by molar-refractivity contribution is 5.89. The van der Waals surface area contributed by atoms with Gasteiger partial charge < -0.3 is 9.67 Å². The maximum Gasteiger partial charge on any atom is 0.335 e. The summed E-state index contributed by atoms with van der Waals surface area (Å²) in [6, 6.07) is 13.5. The molecule has 0 unspecified atom stereocenters. The van der Waals surface area contributed by atoms with Crippen LogP contribution in [0, 0.1) is 6.92 Å². The van der Waals surface area contributed by atoms with Crippen molar-refractivity contribution in [2.45, 2.75) is 13.3 Å². The SMILES string of the molecule is Cc1ccc(Cc2nc3ccccc3n2C)cc1C(=O)O. The van der Waals surface area contributed by atoms with E-state index in [4.69, 9.17) is 0 Å². The van der Waals surface area contributed by atoms with E-state index in [1.165, 1.54) is 0 Å². The number of hydrogen-bond donors (Lipinski definition) is 1. The molecule has 21 heavy (non-hydrogen) atoms. The van der Waals surface area contributed by atoms with Gasteiger partial charge in [0.25, 0.3) is 0 Å². The average Bonchev–Trinajstić information content (AvgIpc) is 2.78. The number of aromatic nitrogens is 2. The molecule has 0 amide bonds. The zero-order valence-corrected chi connectivity index (χ0v) is 12.0. The molecule has 4 nitrogen and oxygen atoms in total. The number of carboxylic acids is 1. The highest BCUT2D eigenvalue weighted by Crippen LogP contribution is 2.18. The van der Waals surface area contributed by atoms with Crippen molar-refractivity contribution in [3.63, 3.8) is 0 Å². The maximum atomic E-state index is 11.2. The zero-order chi connectivity index (χ0) is 15.0. The van der Waals surface area contributed by atoms with Crippen molar-refractivity contribution in [1.82, 2.24) is 9.55 Å². The summed E-state index contributed by atoms with van der Waals surface area (Å²) in [5, 5.41) is 9.20. The van der Waals surface area contributed by atoms with Gasteiger partial charge in [-0.3, -0.25) is 0 Å². The second-order valence-corrected chi connectivity index (χ2v) is 5.21. The third kappa shape index (κ3) is 2.40. The number of fused-ring (bicyclic) bond motifs is 1. The molecule has 0 saturated carbocycles. The standard InChI is InChI=1S/C17H16N2O2/c1-11-7-8-12(9-13(11)17(20)21)10-16-18-14-5-3-4-6-15(14)19(16)2/h3-9H,10H2,1-2H3,(H,20,21). The van der Waals surface area contributed by atoms with E-state index in [9.17, 15) is 9.90 Å². The van der Waals surface area contributed by atoms with Crippen LogP contribution in [0.15, 0.2) is 42.5 Å². The molecule has 0 aliphatic heterocycles. The first-order valence-corrected chi connectivity index (χ1v) is 6.79. The summed E-state index contributed by atoms with van der Waals surface area (Å²) in [7, 11) is 1.98. The minimum Gasteiger partial charge on any atom is -0.478 e. The average molecular weight is 280 g/mol. The van der Waals surface area contributed by atoms with Crippen LogP contribution in [0.5, 0.6) is 0 Å². The van der Waals surface area contributed by atoms with Crippen LogP contribution in [0.3, 0.4) is 0 Å². The van der Waals surface area contributed by atoms with E-state index in [2.05, 4.69) is 9.55 Å². The Bertz CT molecular complexity index is 834. The monoisotopic (exact) mass is 280 g/mol. The lowest BCUT2D eigenvalue weighted by atomic mass is 10.0. The molecule has 3 aromatic rings. The summed E-state index contributed by atoms with van der Waals surface area (Å²) in [6.45, 7) is 1.81. The van der Waals surface area contributed by atoms with E-state index in [1.54, 1.807) is 6.07 Å². The van der Waals surface area contributed by atoms with Gasteiger partial charge in [0.1, 0.15) is 5.82 Å². The van der Waals surface area contributed by atoms with Crippen molar-refractivity contribution in [3.05, 3.63) is 65.0 Å². The lowest BCUT2D eigenvalue weighted by Crippen LogP contribution is -2.03. The van der Waals surface area contributed by atoms with Crippen molar-refractivity contribution in [3.8, 4) is 0 Å². The number of rotatable bonds is 3. The van der Waals surface area contributed by atoms with E-state index < -0.39 is 5.97 Å². The number of aromatic carboxylic acids is 1. The molecule has 0 saturated heterocycles. The predicted molar refractivity (Wildman–Crippen MR) is 81.7 cm³/mol. The lowest BCUT2D eigenvalue weighted by Gasteiger charge is -2.06. The van der Waals surface area contributed by atoms with Gasteiger partial charge in [-0.05, 0) is 36.2 Å². The molecule has 0 aliphatic rings. The van der Waals surface area contributed by atoms with E-state index in [0.717, 1.165) is 28.0 Å². The number of carbonyl (C=O) groups is 1. The van der Waals surface area contributed by atoms with Gasteiger partial charge in [-0.2, -0.15) is 0 Å². The van der Waals surface area contributed by atoms with Crippen LogP contribution in [0.1, 0.15) is 27.3 Å². The van der Waals surface area contributed by atoms with Crippen LogP contribution >= 0.6 is 0 Å². The fourth-order valence-electron chi connectivity index (χ4n) is 2.55. The summed E-state index contributed by atoms with van der Waals surface area (Å²) < 4.78 is 2.05. The number of aryl methyl sites for hydroxylation is 2. The van der Waals surface area contributed by atoms with E-state index >= 15 is 0 Å². The highest BCUT2D eigenvalue weighted by Gasteiger charge is 2.11. The second-order valence-electron chi connectivity index (χ2n) is 5.21. The number of imidazole rings is 1. The van der Waals surface area contributed by atoms with Crippen molar-refractivity contribution in [2.75, 3.05) is 0 Å². The van der Waals surface area contributed by atoms with E-state index in [0.29, 0.717) is 12.0 Å². The Hall–Kier alpha value is -2.62. The van der Waals surface area contributed by atoms with Gasteiger partial charge >= 0.3 is 5.97 Å². The first kappa shape index (κ1) is 13.4. The van der Waals surface area contributed by atoms with Gasteiger partial charge in [0.15, 0.2) is 0 Å². The Morgan fingerprint density at radius 1 is 1.24 bits per heavy atom. The zero-order valence-electron chi connectivity index (χ0n) is 12.0. The fourth-order valence-corrected chi connectivity index (χ4v) is 2.55. The molecule has 106 valence electrons. The minimum atomic E-state index is -0.889. The Morgan fingerprint density at radius 3 is 2.71 bits per heavy atom. The summed E-state index contributed by atoms with van der Waals surface area (Å²) in [5.41, 5.74) is 4.12. The van der Waals surface area contributed by atoms with Gasteiger partial charge in [-0.25, -0.2) is 9.78 Å². The summed E-state index contributed by atoms with van der Waals surface area (Å²) in [5.74, 6) is 0.0377. The van der Waals surface area contributed by atoms with Crippen LogP contribution in [0.4, 0.5) is 0 Å². The number of nitrogens with zero attached hydrogens (tertiary/aromatic N) is 2. The first-order chi connectivity index (χ1) is 10.1. The molecular formula is C17H16N2O2. The van der Waals surface area contributed by atoms with Crippen molar-refractivity contribution < 1.29 is 9.90 Å². The number of para-hydroxylation sites is 2. The fraction of sp³-hybridized carbons (Fsp3) is 0.176. The van der Waals surface area contributed by atoms with E-state index in [-0.39, 0.29) is 0 Å². The number of carboxylic acid groups (broad SMARTS) is 1. The smallest absolute Gasteiger partial charge is 0.335 e. The van der Waals surface area contributed by atoms with Crippen LogP contribution < -0.4 is 0 Å². The molecule has 2 aromatic carbocycles. The molecule has 4 heteroatoms.